The van der Waals surface area contributed by atoms with Crippen LogP contribution in [0.25, 0.3) is 0 Å². The summed E-state index contributed by atoms with van der Waals surface area (Å²) in [4.78, 5) is 22.5. The van der Waals surface area contributed by atoms with E-state index in [9.17, 15) is 14.0 Å². The molecule has 0 radical (unpaired) electrons. The van der Waals surface area contributed by atoms with Crippen molar-refractivity contribution in [3.05, 3.63) is 29.0 Å². The topological polar surface area (TPSA) is 55.4 Å². The quantitative estimate of drug-likeness (QED) is 0.839. The summed E-state index contributed by atoms with van der Waals surface area (Å²) in [7, 11) is 0. The Balaban J connectivity index is 2.47. The van der Waals surface area contributed by atoms with E-state index < -0.39 is 17.7 Å². The SMILES string of the molecule is CCOC(=O)CCC(=O)Nc1ccc(Cl)cc1F. The Labute approximate surface area is 109 Å². The van der Waals surface area contributed by atoms with Crippen LogP contribution in [-0.4, -0.2) is 18.5 Å². The number of anilines is 1. The third kappa shape index (κ3) is 4.71. The van der Waals surface area contributed by atoms with Gasteiger partial charge in [-0.05, 0) is 25.1 Å². The van der Waals surface area contributed by atoms with Gasteiger partial charge in [0.25, 0.3) is 0 Å². The van der Waals surface area contributed by atoms with Crippen molar-refractivity contribution in [2.45, 2.75) is 19.8 Å². The summed E-state index contributed by atoms with van der Waals surface area (Å²) in [5, 5.41) is 2.60. The van der Waals surface area contributed by atoms with Gasteiger partial charge in [0, 0.05) is 11.4 Å². The minimum Gasteiger partial charge on any atom is -0.466 e. The van der Waals surface area contributed by atoms with Crippen LogP contribution < -0.4 is 5.32 Å². The molecule has 0 unspecified atom stereocenters. The lowest BCUT2D eigenvalue weighted by atomic mass is 10.2. The molecule has 0 aliphatic rings. The molecule has 0 bridgehead atoms. The summed E-state index contributed by atoms with van der Waals surface area (Å²) < 4.78 is 18.0. The standard InChI is InChI=1S/C12H13ClFNO3/c1-2-18-12(17)6-5-11(16)15-10-4-3-8(13)7-9(10)14/h3-4,7H,2,5-6H2,1H3,(H,15,16). The van der Waals surface area contributed by atoms with E-state index in [1.54, 1.807) is 6.92 Å². The van der Waals surface area contributed by atoms with Gasteiger partial charge in [0.05, 0.1) is 18.7 Å². The van der Waals surface area contributed by atoms with E-state index in [1.807, 2.05) is 0 Å². The van der Waals surface area contributed by atoms with Crippen molar-refractivity contribution < 1.29 is 18.7 Å². The molecule has 6 heteroatoms. The first-order valence-corrected chi connectivity index (χ1v) is 5.81. The first kappa shape index (κ1) is 14.4. The molecule has 98 valence electrons. The van der Waals surface area contributed by atoms with E-state index in [4.69, 9.17) is 11.6 Å². The minimum atomic E-state index is -0.619. The van der Waals surface area contributed by atoms with E-state index >= 15 is 0 Å². The Morgan fingerprint density at radius 1 is 1.39 bits per heavy atom. The Morgan fingerprint density at radius 3 is 2.72 bits per heavy atom. The molecule has 0 saturated heterocycles. The lowest BCUT2D eigenvalue weighted by molar-refractivity contribution is -0.144. The highest BCUT2D eigenvalue weighted by atomic mass is 35.5. The van der Waals surface area contributed by atoms with Crippen molar-refractivity contribution in [2.75, 3.05) is 11.9 Å². The maximum atomic E-state index is 13.3. The van der Waals surface area contributed by atoms with Crippen molar-refractivity contribution in [1.29, 1.82) is 0 Å². The number of amides is 1. The summed E-state index contributed by atoms with van der Waals surface area (Å²) in [6, 6.07) is 3.92. The minimum absolute atomic E-state index is 0.0329. The van der Waals surface area contributed by atoms with Gasteiger partial charge in [0.15, 0.2) is 0 Å². The summed E-state index contributed by atoms with van der Waals surface area (Å²) in [6.07, 6.45) is -0.0875. The number of hydrogen-bond donors (Lipinski definition) is 1. The van der Waals surface area contributed by atoms with Crippen molar-refractivity contribution in [2.24, 2.45) is 0 Å². The molecule has 4 nitrogen and oxygen atoms in total. The smallest absolute Gasteiger partial charge is 0.306 e. The number of hydrogen-bond acceptors (Lipinski definition) is 3. The molecule has 1 aromatic rings. The summed E-state index contributed by atoms with van der Waals surface area (Å²) in [5.74, 6) is -1.53. The molecular weight excluding hydrogens is 261 g/mol. The average molecular weight is 274 g/mol. The van der Waals surface area contributed by atoms with Crippen LogP contribution in [0.4, 0.5) is 10.1 Å². The second-order valence-electron chi connectivity index (χ2n) is 3.48. The molecule has 0 atom stereocenters. The van der Waals surface area contributed by atoms with Crippen molar-refractivity contribution >= 4 is 29.2 Å². The molecule has 0 saturated carbocycles. The van der Waals surface area contributed by atoms with Gasteiger partial charge >= 0.3 is 5.97 Å². The maximum Gasteiger partial charge on any atom is 0.306 e. The molecule has 0 aliphatic carbocycles. The van der Waals surface area contributed by atoms with Crippen LogP contribution in [0.1, 0.15) is 19.8 Å². The molecule has 1 rings (SSSR count). The molecule has 1 aromatic carbocycles. The third-order valence-electron chi connectivity index (χ3n) is 2.07. The van der Waals surface area contributed by atoms with Gasteiger partial charge in [-0.3, -0.25) is 9.59 Å². The number of benzene rings is 1. The zero-order chi connectivity index (χ0) is 13.5. The monoisotopic (exact) mass is 273 g/mol. The zero-order valence-corrected chi connectivity index (χ0v) is 10.6. The fraction of sp³-hybridized carbons (Fsp3) is 0.333. The number of esters is 1. The van der Waals surface area contributed by atoms with Crippen LogP contribution in [0.5, 0.6) is 0 Å². The summed E-state index contributed by atoms with van der Waals surface area (Å²) in [6.45, 7) is 1.95. The highest BCUT2D eigenvalue weighted by Gasteiger charge is 2.10. The van der Waals surface area contributed by atoms with Crippen LogP contribution in [0.2, 0.25) is 5.02 Å². The number of nitrogens with one attached hydrogen (secondary N) is 1. The first-order chi connectivity index (χ1) is 8.52. The van der Waals surface area contributed by atoms with Gasteiger partial charge in [-0.15, -0.1) is 0 Å². The van der Waals surface area contributed by atoms with Crippen molar-refractivity contribution in [3.63, 3.8) is 0 Å². The van der Waals surface area contributed by atoms with Gasteiger partial charge in [-0.25, -0.2) is 4.39 Å². The lowest BCUT2D eigenvalue weighted by Gasteiger charge is -2.06. The molecular formula is C12H13ClFNO3. The highest BCUT2D eigenvalue weighted by molar-refractivity contribution is 6.30. The number of rotatable bonds is 5. The van der Waals surface area contributed by atoms with Crippen LogP contribution in [-0.2, 0) is 14.3 Å². The maximum absolute atomic E-state index is 13.3. The zero-order valence-electron chi connectivity index (χ0n) is 9.83. The Morgan fingerprint density at radius 2 is 2.11 bits per heavy atom. The van der Waals surface area contributed by atoms with Gasteiger partial charge in [0.2, 0.25) is 5.91 Å². The number of carbonyl (C=O) groups excluding carboxylic acids is 2. The number of ether oxygens (including phenoxy) is 1. The Hall–Kier alpha value is -1.62. The molecule has 18 heavy (non-hydrogen) atoms. The molecule has 1 amide bonds. The molecule has 1 N–H and O–H groups in total. The van der Waals surface area contributed by atoms with E-state index in [-0.39, 0.29) is 30.2 Å². The van der Waals surface area contributed by atoms with Gasteiger partial charge in [-0.2, -0.15) is 0 Å². The molecule has 0 heterocycles. The largest absolute Gasteiger partial charge is 0.466 e. The number of carbonyl (C=O) groups is 2. The van der Waals surface area contributed by atoms with Crippen LogP contribution >= 0.6 is 11.6 Å². The number of halogens is 2. The van der Waals surface area contributed by atoms with Crippen molar-refractivity contribution in [3.8, 4) is 0 Å². The lowest BCUT2D eigenvalue weighted by Crippen LogP contribution is -2.15. The predicted molar refractivity (Wildman–Crippen MR) is 65.9 cm³/mol. The molecule has 0 aliphatic heterocycles. The fourth-order valence-corrected chi connectivity index (χ4v) is 1.41. The molecule has 0 spiro atoms. The van der Waals surface area contributed by atoms with Crippen molar-refractivity contribution in [1.82, 2.24) is 0 Å². The van der Waals surface area contributed by atoms with E-state index in [0.29, 0.717) is 0 Å². The predicted octanol–water partition coefficient (Wildman–Crippen LogP) is 2.76. The first-order valence-electron chi connectivity index (χ1n) is 5.43. The van der Waals surface area contributed by atoms with E-state index in [2.05, 4.69) is 10.1 Å². The molecule has 0 aromatic heterocycles. The average Bonchev–Trinajstić information content (AvgIpc) is 2.31. The fourth-order valence-electron chi connectivity index (χ4n) is 1.25. The van der Waals surface area contributed by atoms with Crippen LogP contribution in [0, 0.1) is 5.82 Å². The van der Waals surface area contributed by atoms with E-state index in [1.165, 1.54) is 12.1 Å². The van der Waals surface area contributed by atoms with Crippen LogP contribution in [0.15, 0.2) is 18.2 Å². The van der Waals surface area contributed by atoms with E-state index in [0.717, 1.165) is 6.07 Å². The Kier molecular flexibility index (Phi) is 5.58. The summed E-state index contributed by atoms with van der Waals surface area (Å²) in [5.41, 5.74) is 0.0354. The second-order valence-corrected chi connectivity index (χ2v) is 3.91. The molecule has 0 fully saturated rings. The Bertz CT molecular complexity index is 451. The normalized spacial score (nSPS) is 9.94. The second kappa shape index (κ2) is 6.96. The van der Waals surface area contributed by atoms with Crippen LogP contribution in [0.3, 0.4) is 0 Å². The highest BCUT2D eigenvalue weighted by Crippen LogP contribution is 2.19. The van der Waals surface area contributed by atoms with Gasteiger partial charge < -0.3 is 10.1 Å². The van der Waals surface area contributed by atoms with Gasteiger partial charge in [0.1, 0.15) is 5.82 Å². The third-order valence-corrected chi connectivity index (χ3v) is 2.30. The van der Waals surface area contributed by atoms with Gasteiger partial charge in [-0.1, -0.05) is 11.6 Å². The summed E-state index contributed by atoms with van der Waals surface area (Å²) >= 11 is 5.58.